The second-order valence-electron chi connectivity index (χ2n) is 7.66. The highest BCUT2D eigenvalue weighted by atomic mass is 32.2. The van der Waals surface area contributed by atoms with Crippen molar-refractivity contribution in [2.45, 2.75) is 44.6 Å². The fraction of sp³-hybridized carbons (Fsp3) is 0.650. The molecule has 2 fully saturated rings. The predicted molar refractivity (Wildman–Crippen MR) is 109 cm³/mol. The standard InChI is InChI=1S/C20H29N5OS/c26-20(21-10-9-19-23-22-18-8-2-4-13-25(18)19)15-27-14-16-6-5-12-24-11-3-1-7-17(16)24/h2,4,8,13,16-17H,1,3,5-7,9-12,14-15H2,(H,21,26)/t16?,17-/m0/s1. The summed E-state index contributed by atoms with van der Waals surface area (Å²) in [6.45, 7) is 3.17. The van der Waals surface area contributed by atoms with E-state index in [0.717, 1.165) is 29.2 Å². The molecule has 2 aliphatic rings. The van der Waals surface area contributed by atoms with E-state index in [2.05, 4.69) is 20.4 Å². The van der Waals surface area contributed by atoms with Crippen LogP contribution in [0.25, 0.3) is 5.65 Å². The molecule has 2 aromatic heterocycles. The van der Waals surface area contributed by atoms with Crippen molar-refractivity contribution in [3.8, 4) is 0 Å². The Labute approximate surface area is 165 Å². The van der Waals surface area contributed by atoms with Crippen LogP contribution >= 0.6 is 11.8 Å². The third-order valence-corrected chi connectivity index (χ3v) is 6.98. The van der Waals surface area contributed by atoms with E-state index in [4.69, 9.17) is 0 Å². The molecule has 0 aliphatic carbocycles. The molecule has 6 nitrogen and oxygen atoms in total. The van der Waals surface area contributed by atoms with Gasteiger partial charge in [0.05, 0.1) is 5.75 Å². The fourth-order valence-corrected chi connectivity index (χ4v) is 5.60. The Bertz CT molecular complexity index is 762. The molecular weight excluding hydrogens is 358 g/mol. The SMILES string of the molecule is O=C(CSCC1CCCN2CCCC[C@@H]12)NCCc1nnc2ccccn12. The normalized spacial score (nSPS) is 23.3. The number of nitrogens with one attached hydrogen (secondary N) is 1. The number of carbonyl (C=O) groups excluding carboxylic acids is 1. The topological polar surface area (TPSA) is 62.5 Å². The van der Waals surface area contributed by atoms with Crippen molar-refractivity contribution in [3.63, 3.8) is 0 Å². The summed E-state index contributed by atoms with van der Waals surface area (Å²) in [4.78, 5) is 14.9. The number of hydrogen-bond donors (Lipinski definition) is 1. The number of nitrogens with zero attached hydrogens (tertiary/aromatic N) is 4. The van der Waals surface area contributed by atoms with E-state index in [1.54, 1.807) is 11.8 Å². The van der Waals surface area contributed by atoms with Gasteiger partial charge in [0.25, 0.3) is 0 Å². The summed E-state index contributed by atoms with van der Waals surface area (Å²) in [5.74, 6) is 3.45. The van der Waals surface area contributed by atoms with Gasteiger partial charge in [-0.2, -0.15) is 11.8 Å². The number of thioether (sulfide) groups is 1. The third-order valence-electron chi connectivity index (χ3n) is 5.85. The van der Waals surface area contributed by atoms with Crippen LogP contribution in [0.3, 0.4) is 0 Å². The predicted octanol–water partition coefficient (Wildman–Crippen LogP) is 2.39. The Balaban J connectivity index is 1.17. The van der Waals surface area contributed by atoms with Gasteiger partial charge in [-0.05, 0) is 62.6 Å². The zero-order valence-corrected chi connectivity index (χ0v) is 16.7. The van der Waals surface area contributed by atoms with E-state index in [0.29, 0.717) is 18.7 Å². The van der Waals surface area contributed by atoms with Crippen molar-refractivity contribution in [1.82, 2.24) is 24.8 Å². The summed E-state index contributed by atoms with van der Waals surface area (Å²) in [5.41, 5.74) is 0.846. The van der Waals surface area contributed by atoms with Gasteiger partial charge < -0.3 is 10.2 Å². The molecule has 2 atom stereocenters. The molecule has 1 unspecified atom stereocenters. The van der Waals surface area contributed by atoms with Crippen LogP contribution < -0.4 is 5.32 Å². The highest BCUT2D eigenvalue weighted by molar-refractivity contribution is 7.99. The maximum Gasteiger partial charge on any atom is 0.230 e. The summed E-state index contributed by atoms with van der Waals surface area (Å²) in [7, 11) is 0. The van der Waals surface area contributed by atoms with E-state index < -0.39 is 0 Å². The number of pyridine rings is 1. The zero-order valence-electron chi connectivity index (χ0n) is 15.8. The fourth-order valence-electron chi connectivity index (χ4n) is 4.50. The van der Waals surface area contributed by atoms with Crippen LogP contribution in [-0.2, 0) is 11.2 Å². The van der Waals surface area contributed by atoms with Crippen LogP contribution in [0.1, 0.15) is 37.9 Å². The minimum Gasteiger partial charge on any atom is -0.355 e. The first-order valence-electron chi connectivity index (χ1n) is 10.2. The summed E-state index contributed by atoms with van der Waals surface area (Å²) in [6.07, 6.45) is 9.39. The number of carbonyl (C=O) groups is 1. The lowest BCUT2D eigenvalue weighted by atomic mass is 9.85. The Morgan fingerprint density at radius 3 is 3.07 bits per heavy atom. The molecule has 1 amide bonds. The van der Waals surface area contributed by atoms with Gasteiger partial charge in [0.2, 0.25) is 5.91 Å². The lowest BCUT2D eigenvalue weighted by Crippen LogP contribution is -2.48. The van der Waals surface area contributed by atoms with Crippen molar-refractivity contribution in [2.24, 2.45) is 5.92 Å². The number of hydrogen-bond acceptors (Lipinski definition) is 5. The van der Waals surface area contributed by atoms with Gasteiger partial charge in [-0.25, -0.2) is 0 Å². The number of piperidine rings is 2. The molecule has 7 heteroatoms. The Kier molecular flexibility index (Phi) is 6.29. The maximum absolute atomic E-state index is 12.2. The van der Waals surface area contributed by atoms with Crippen molar-refractivity contribution in [2.75, 3.05) is 31.1 Å². The number of rotatable bonds is 7. The van der Waals surface area contributed by atoms with Gasteiger partial charge in [-0.15, -0.1) is 10.2 Å². The first kappa shape index (κ1) is 18.7. The molecule has 0 bridgehead atoms. The van der Waals surface area contributed by atoms with E-state index in [1.165, 1.54) is 45.2 Å². The van der Waals surface area contributed by atoms with Crippen LogP contribution in [0.4, 0.5) is 0 Å². The number of fused-ring (bicyclic) bond motifs is 2. The lowest BCUT2D eigenvalue weighted by molar-refractivity contribution is -0.118. The average Bonchev–Trinajstić information content (AvgIpc) is 3.11. The highest BCUT2D eigenvalue weighted by Gasteiger charge is 2.32. The second-order valence-corrected chi connectivity index (χ2v) is 8.69. The molecule has 4 heterocycles. The van der Waals surface area contributed by atoms with Crippen molar-refractivity contribution in [3.05, 3.63) is 30.2 Å². The van der Waals surface area contributed by atoms with Crippen molar-refractivity contribution in [1.29, 1.82) is 0 Å². The molecule has 0 radical (unpaired) electrons. The smallest absolute Gasteiger partial charge is 0.230 e. The molecule has 2 aliphatic heterocycles. The molecule has 1 N–H and O–H groups in total. The van der Waals surface area contributed by atoms with E-state index in [9.17, 15) is 4.79 Å². The first-order valence-corrected chi connectivity index (χ1v) is 11.3. The summed E-state index contributed by atoms with van der Waals surface area (Å²) in [6, 6.07) is 6.62. The van der Waals surface area contributed by atoms with Crippen LogP contribution in [0, 0.1) is 5.92 Å². The minimum atomic E-state index is 0.130. The summed E-state index contributed by atoms with van der Waals surface area (Å²) >= 11 is 1.80. The minimum absolute atomic E-state index is 0.130. The van der Waals surface area contributed by atoms with Gasteiger partial charge in [0.1, 0.15) is 5.82 Å². The van der Waals surface area contributed by atoms with Crippen LogP contribution in [-0.4, -0.2) is 62.6 Å². The molecule has 146 valence electrons. The monoisotopic (exact) mass is 387 g/mol. The Morgan fingerprint density at radius 2 is 2.11 bits per heavy atom. The van der Waals surface area contributed by atoms with E-state index in [1.807, 2.05) is 28.8 Å². The van der Waals surface area contributed by atoms with Crippen molar-refractivity contribution >= 4 is 23.3 Å². The molecule has 0 aromatic carbocycles. The lowest BCUT2D eigenvalue weighted by Gasteiger charge is -2.44. The number of amides is 1. The second kappa shape index (κ2) is 9.06. The molecule has 0 spiro atoms. The summed E-state index contributed by atoms with van der Waals surface area (Å²) in [5, 5.41) is 11.4. The molecule has 2 aromatic rings. The van der Waals surface area contributed by atoms with E-state index in [-0.39, 0.29) is 5.91 Å². The van der Waals surface area contributed by atoms with Gasteiger partial charge in [-0.3, -0.25) is 9.20 Å². The molecule has 2 saturated heterocycles. The van der Waals surface area contributed by atoms with Gasteiger partial charge >= 0.3 is 0 Å². The van der Waals surface area contributed by atoms with E-state index >= 15 is 0 Å². The number of aromatic nitrogens is 3. The average molecular weight is 388 g/mol. The summed E-state index contributed by atoms with van der Waals surface area (Å²) < 4.78 is 1.97. The third kappa shape index (κ3) is 4.63. The largest absolute Gasteiger partial charge is 0.355 e. The molecular formula is C20H29N5OS. The Hall–Kier alpha value is -1.60. The van der Waals surface area contributed by atoms with Gasteiger partial charge in [0, 0.05) is 25.2 Å². The van der Waals surface area contributed by atoms with Crippen LogP contribution in [0.15, 0.2) is 24.4 Å². The van der Waals surface area contributed by atoms with Gasteiger partial charge in [0.15, 0.2) is 5.65 Å². The molecule has 0 saturated carbocycles. The van der Waals surface area contributed by atoms with Crippen LogP contribution in [0.2, 0.25) is 0 Å². The van der Waals surface area contributed by atoms with Crippen molar-refractivity contribution < 1.29 is 4.79 Å². The van der Waals surface area contributed by atoms with Crippen LogP contribution in [0.5, 0.6) is 0 Å². The quantitative estimate of drug-likeness (QED) is 0.790. The maximum atomic E-state index is 12.2. The molecule has 27 heavy (non-hydrogen) atoms. The molecule has 4 rings (SSSR count). The Morgan fingerprint density at radius 1 is 1.19 bits per heavy atom. The highest BCUT2D eigenvalue weighted by Crippen LogP contribution is 2.32. The zero-order chi connectivity index (χ0) is 18.5. The first-order chi connectivity index (χ1) is 13.3. The van der Waals surface area contributed by atoms with Gasteiger partial charge in [-0.1, -0.05) is 12.5 Å².